The van der Waals surface area contributed by atoms with Gasteiger partial charge in [0.15, 0.2) is 0 Å². The van der Waals surface area contributed by atoms with Gasteiger partial charge in [0.05, 0.1) is 11.7 Å². The molecule has 0 unspecified atom stereocenters. The highest BCUT2D eigenvalue weighted by Crippen LogP contribution is 2.23. The predicted octanol–water partition coefficient (Wildman–Crippen LogP) is 2.32. The fourth-order valence-electron chi connectivity index (χ4n) is 2.38. The Morgan fingerprint density at radius 1 is 1.08 bits per heavy atom. The van der Waals surface area contributed by atoms with Gasteiger partial charge in [-0.05, 0) is 24.6 Å². The lowest BCUT2D eigenvalue weighted by atomic mass is 10.1. The molecule has 1 atom stereocenters. The van der Waals surface area contributed by atoms with Crippen LogP contribution >= 0.6 is 0 Å². The van der Waals surface area contributed by atoms with Crippen LogP contribution in [0.5, 0.6) is 0 Å². The molecule has 6 nitrogen and oxygen atoms in total. The standard InChI is InChI=1S/C18H22FN3O3S/c1-14(15-9-5-4-6-10-15)20-18(23)13-22(26(24,25)21(2)3)17-12-8-7-11-16(17)19/h4-12,14H,13H2,1-3H3,(H,20,23)/t14-/m0/s1. The molecule has 2 aromatic rings. The molecule has 1 N–H and O–H groups in total. The van der Waals surface area contributed by atoms with E-state index in [4.69, 9.17) is 0 Å². The van der Waals surface area contributed by atoms with Crippen molar-refractivity contribution < 1.29 is 17.6 Å². The number of hydrogen-bond acceptors (Lipinski definition) is 3. The highest BCUT2D eigenvalue weighted by Gasteiger charge is 2.29. The quantitative estimate of drug-likeness (QED) is 0.803. The van der Waals surface area contributed by atoms with Gasteiger partial charge in [0.2, 0.25) is 5.91 Å². The molecule has 0 aliphatic rings. The summed E-state index contributed by atoms with van der Waals surface area (Å²) in [6.07, 6.45) is 0. The Labute approximate surface area is 153 Å². The third-order valence-electron chi connectivity index (χ3n) is 3.83. The summed E-state index contributed by atoms with van der Waals surface area (Å²) in [4.78, 5) is 12.4. The highest BCUT2D eigenvalue weighted by atomic mass is 32.2. The van der Waals surface area contributed by atoms with Gasteiger partial charge in [0.1, 0.15) is 12.4 Å². The average Bonchev–Trinajstić information content (AvgIpc) is 2.61. The molecule has 1 amide bonds. The van der Waals surface area contributed by atoms with E-state index in [1.165, 1.54) is 32.3 Å². The molecule has 0 saturated heterocycles. The van der Waals surface area contributed by atoms with Crippen LogP contribution in [-0.4, -0.2) is 39.3 Å². The van der Waals surface area contributed by atoms with Crippen molar-refractivity contribution in [1.29, 1.82) is 0 Å². The summed E-state index contributed by atoms with van der Waals surface area (Å²) in [5.74, 6) is -1.25. The van der Waals surface area contributed by atoms with Crippen LogP contribution in [0.4, 0.5) is 10.1 Å². The Morgan fingerprint density at radius 3 is 2.23 bits per heavy atom. The van der Waals surface area contributed by atoms with E-state index in [1.807, 2.05) is 30.3 Å². The summed E-state index contributed by atoms with van der Waals surface area (Å²) in [5.41, 5.74) is 0.706. The number of benzene rings is 2. The first-order chi connectivity index (χ1) is 12.2. The van der Waals surface area contributed by atoms with Crippen molar-refractivity contribution in [2.24, 2.45) is 0 Å². The van der Waals surface area contributed by atoms with E-state index in [2.05, 4.69) is 5.32 Å². The molecule has 0 saturated carbocycles. The number of para-hydroxylation sites is 1. The second kappa shape index (κ2) is 8.29. The summed E-state index contributed by atoms with van der Waals surface area (Å²) < 4.78 is 41.0. The molecular formula is C18H22FN3O3S. The van der Waals surface area contributed by atoms with Crippen LogP contribution in [0, 0.1) is 5.82 Å². The summed E-state index contributed by atoms with van der Waals surface area (Å²) in [6, 6.07) is 14.4. The maximum atomic E-state index is 14.2. The summed E-state index contributed by atoms with van der Waals surface area (Å²) >= 11 is 0. The van der Waals surface area contributed by atoms with Gasteiger partial charge in [-0.25, -0.2) is 8.70 Å². The second-order valence-electron chi connectivity index (χ2n) is 5.95. The van der Waals surface area contributed by atoms with E-state index >= 15 is 0 Å². The Hall–Kier alpha value is -2.45. The van der Waals surface area contributed by atoms with Crippen LogP contribution in [0.25, 0.3) is 0 Å². The van der Waals surface area contributed by atoms with Crippen LogP contribution in [0.3, 0.4) is 0 Å². The summed E-state index contributed by atoms with van der Waals surface area (Å²) in [6.45, 7) is 1.26. The first-order valence-electron chi connectivity index (χ1n) is 8.02. The summed E-state index contributed by atoms with van der Waals surface area (Å²) in [5, 5.41) is 2.74. The van der Waals surface area contributed by atoms with Gasteiger partial charge in [0.25, 0.3) is 0 Å². The van der Waals surface area contributed by atoms with Crippen LogP contribution in [0.2, 0.25) is 0 Å². The number of carbonyl (C=O) groups excluding carboxylic acids is 1. The van der Waals surface area contributed by atoms with E-state index in [1.54, 1.807) is 6.92 Å². The molecule has 0 aliphatic carbocycles. The molecule has 2 rings (SSSR count). The Bertz CT molecular complexity index is 857. The SMILES string of the molecule is C[C@H](NC(=O)CN(c1ccccc1F)S(=O)(=O)N(C)C)c1ccccc1. The average molecular weight is 379 g/mol. The number of rotatable bonds is 7. The van der Waals surface area contributed by atoms with E-state index < -0.39 is 28.5 Å². The van der Waals surface area contributed by atoms with Crippen molar-refractivity contribution in [3.05, 3.63) is 66.0 Å². The smallest absolute Gasteiger partial charge is 0.304 e. The predicted molar refractivity (Wildman–Crippen MR) is 99.4 cm³/mol. The largest absolute Gasteiger partial charge is 0.348 e. The molecular weight excluding hydrogens is 357 g/mol. The molecule has 2 aromatic carbocycles. The van der Waals surface area contributed by atoms with Crippen molar-refractivity contribution in [2.75, 3.05) is 24.9 Å². The number of carbonyl (C=O) groups is 1. The van der Waals surface area contributed by atoms with Gasteiger partial charge in [-0.15, -0.1) is 0 Å². The van der Waals surface area contributed by atoms with Gasteiger partial charge < -0.3 is 5.32 Å². The highest BCUT2D eigenvalue weighted by molar-refractivity contribution is 7.90. The van der Waals surface area contributed by atoms with Crippen molar-refractivity contribution in [1.82, 2.24) is 9.62 Å². The second-order valence-corrected chi connectivity index (χ2v) is 8.01. The van der Waals surface area contributed by atoms with Crippen LogP contribution in [-0.2, 0) is 15.0 Å². The molecule has 0 radical (unpaired) electrons. The monoisotopic (exact) mass is 379 g/mol. The Morgan fingerprint density at radius 2 is 1.65 bits per heavy atom. The zero-order valence-corrected chi connectivity index (χ0v) is 15.7. The molecule has 0 aromatic heterocycles. The molecule has 26 heavy (non-hydrogen) atoms. The minimum Gasteiger partial charge on any atom is -0.348 e. The lowest BCUT2D eigenvalue weighted by Crippen LogP contribution is -2.46. The lowest BCUT2D eigenvalue weighted by Gasteiger charge is -2.27. The molecule has 0 aliphatic heterocycles. The first kappa shape index (κ1) is 19.9. The van der Waals surface area contributed by atoms with Crippen LogP contribution < -0.4 is 9.62 Å². The fraction of sp³-hybridized carbons (Fsp3) is 0.278. The number of hydrogen-bond donors (Lipinski definition) is 1. The number of nitrogens with one attached hydrogen (secondary N) is 1. The maximum Gasteiger partial charge on any atom is 0.304 e. The molecule has 140 valence electrons. The van der Waals surface area contributed by atoms with E-state index in [0.29, 0.717) is 0 Å². The molecule has 0 heterocycles. The Balaban J connectivity index is 2.25. The van der Waals surface area contributed by atoms with Crippen molar-refractivity contribution in [3.63, 3.8) is 0 Å². The molecule has 0 spiro atoms. The maximum absolute atomic E-state index is 14.2. The van der Waals surface area contributed by atoms with Crippen LogP contribution in [0.1, 0.15) is 18.5 Å². The van der Waals surface area contributed by atoms with Gasteiger partial charge in [-0.1, -0.05) is 42.5 Å². The minimum absolute atomic E-state index is 0.177. The molecule has 0 fully saturated rings. The van der Waals surface area contributed by atoms with Crippen molar-refractivity contribution >= 4 is 21.8 Å². The number of nitrogens with zero attached hydrogens (tertiary/aromatic N) is 2. The van der Waals surface area contributed by atoms with Crippen LogP contribution in [0.15, 0.2) is 54.6 Å². The number of anilines is 1. The first-order valence-corrected chi connectivity index (χ1v) is 9.42. The summed E-state index contributed by atoms with van der Waals surface area (Å²) in [7, 11) is -1.39. The van der Waals surface area contributed by atoms with Crippen molar-refractivity contribution in [2.45, 2.75) is 13.0 Å². The zero-order valence-electron chi connectivity index (χ0n) is 14.9. The third kappa shape index (κ3) is 4.59. The third-order valence-corrected chi connectivity index (χ3v) is 5.63. The molecule has 0 bridgehead atoms. The number of halogens is 1. The zero-order chi connectivity index (χ0) is 19.3. The van der Waals surface area contributed by atoms with Gasteiger partial charge in [-0.3, -0.25) is 4.79 Å². The minimum atomic E-state index is -4.04. The van der Waals surface area contributed by atoms with Gasteiger partial charge in [0, 0.05) is 14.1 Å². The fourth-order valence-corrected chi connectivity index (χ4v) is 3.46. The van der Waals surface area contributed by atoms with Crippen molar-refractivity contribution in [3.8, 4) is 0 Å². The lowest BCUT2D eigenvalue weighted by molar-refractivity contribution is -0.120. The Kier molecular flexibility index (Phi) is 6.33. The number of amides is 1. The van der Waals surface area contributed by atoms with Gasteiger partial charge >= 0.3 is 10.2 Å². The molecule has 8 heteroatoms. The van der Waals surface area contributed by atoms with E-state index in [0.717, 1.165) is 20.2 Å². The van der Waals surface area contributed by atoms with E-state index in [-0.39, 0.29) is 11.7 Å². The van der Waals surface area contributed by atoms with Gasteiger partial charge in [-0.2, -0.15) is 12.7 Å². The normalized spacial score (nSPS) is 12.7. The topological polar surface area (TPSA) is 69.7 Å². The van der Waals surface area contributed by atoms with E-state index in [9.17, 15) is 17.6 Å².